The number of halogens is 2. The van der Waals surface area contributed by atoms with Crippen molar-refractivity contribution in [2.24, 2.45) is 17.8 Å². The van der Waals surface area contributed by atoms with Crippen molar-refractivity contribution in [2.45, 2.75) is 77.4 Å². The average molecular weight is 673 g/mol. The van der Waals surface area contributed by atoms with E-state index in [0.717, 1.165) is 5.56 Å². The highest BCUT2D eigenvalue weighted by Crippen LogP contribution is 2.45. The topological polar surface area (TPSA) is 133 Å². The second kappa shape index (κ2) is 16.2. The Morgan fingerprint density at radius 3 is 2.40 bits per heavy atom. The first-order valence-corrected chi connectivity index (χ1v) is 16.1. The van der Waals surface area contributed by atoms with Crippen LogP contribution in [0.5, 0.6) is 5.75 Å². The molecule has 254 valence electrons. The average Bonchev–Trinajstić information content (AvgIpc) is 3.82. The molecule has 0 bridgehead atoms. The molecule has 2 aromatic carbocycles. The lowest BCUT2D eigenvalue weighted by molar-refractivity contribution is -0.176. The Hall–Kier alpha value is -3.96. The maximum atomic E-state index is 13.5. The van der Waals surface area contributed by atoms with Gasteiger partial charge < -0.3 is 29.6 Å². The van der Waals surface area contributed by atoms with Gasteiger partial charge in [0.15, 0.2) is 6.10 Å². The van der Waals surface area contributed by atoms with Gasteiger partial charge in [-0.3, -0.25) is 14.4 Å². The van der Waals surface area contributed by atoms with Crippen LogP contribution in [-0.4, -0.2) is 61.8 Å². The van der Waals surface area contributed by atoms with E-state index in [1.165, 1.54) is 25.3 Å². The molecule has 2 amide bonds. The van der Waals surface area contributed by atoms with Crippen molar-refractivity contribution < 1.29 is 42.5 Å². The highest BCUT2D eigenvalue weighted by atomic mass is 35.5. The van der Waals surface area contributed by atoms with Gasteiger partial charge in [-0.15, -0.1) is 0 Å². The summed E-state index contributed by atoms with van der Waals surface area (Å²) in [4.78, 5) is 52.9. The number of carbonyl (C=O) groups is 4. The van der Waals surface area contributed by atoms with Gasteiger partial charge in [-0.05, 0) is 53.8 Å². The predicted molar refractivity (Wildman–Crippen MR) is 172 cm³/mol. The van der Waals surface area contributed by atoms with Gasteiger partial charge in [-0.25, -0.2) is 9.18 Å². The second-order valence-electron chi connectivity index (χ2n) is 12.5. The molecular weight excluding hydrogens is 631 g/mol. The number of hydrogen-bond acceptors (Lipinski definition) is 8. The number of cyclic esters (lactones) is 2. The monoisotopic (exact) mass is 672 g/mol. The molecule has 10 nitrogen and oxygen atoms in total. The number of rotatable bonds is 8. The SMILES string of the molecule is COc1ccc(C[C@H]2NC(=O)/C=C/C[C@@H]([C@H](C)[C@H]3O[C@@H]3c3ccc(F)cc3)OC(=O)[C@H](CC(C)C)OC(=O)[C@H](C)CNC2=O)cc1Cl. The predicted octanol–water partition coefficient (Wildman–Crippen LogP) is 4.87. The molecule has 2 aliphatic heterocycles. The van der Waals surface area contributed by atoms with E-state index in [1.54, 1.807) is 43.3 Å². The lowest BCUT2D eigenvalue weighted by atomic mass is 9.93. The normalized spacial score (nSPS) is 27.2. The lowest BCUT2D eigenvalue weighted by Crippen LogP contribution is -2.49. The molecule has 47 heavy (non-hydrogen) atoms. The quantitative estimate of drug-likeness (QED) is 0.300. The van der Waals surface area contributed by atoms with Gasteiger partial charge in [0, 0.05) is 25.3 Å². The summed E-state index contributed by atoms with van der Waals surface area (Å²) in [6, 6.07) is 10.1. The fourth-order valence-corrected chi connectivity index (χ4v) is 5.68. The summed E-state index contributed by atoms with van der Waals surface area (Å²) in [6.07, 6.45) is 0.779. The lowest BCUT2D eigenvalue weighted by Gasteiger charge is -2.27. The molecule has 2 heterocycles. The largest absolute Gasteiger partial charge is 0.495 e. The third-order valence-electron chi connectivity index (χ3n) is 8.21. The van der Waals surface area contributed by atoms with Crippen LogP contribution in [0.15, 0.2) is 54.6 Å². The molecule has 0 spiro atoms. The standard InChI is InChI=1S/C35H42ClFN2O8/c1-19(2)15-29-35(43)45-27(21(4)31-32(47-31)23-10-12-24(37)13-11-23)7-6-8-30(40)39-26(33(41)38-18-20(3)34(42)46-29)17-22-9-14-28(44-5)25(36)16-22/h6,8-14,16,19-21,26-27,29,31-32H,7,15,17-18H2,1-5H3,(H,38,41)(H,39,40)/b8-6+/t20-,21+,26-,27+,29+,31-,32-/m1/s1. The van der Waals surface area contributed by atoms with Crippen LogP contribution in [0.4, 0.5) is 4.39 Å². The van der Waals surface area contributed by atoms with Gasteiger partial charge in [-0.1, -0.05) is 63.6 Å². The van der Waals surface area contributed by atoms with Crippen LogP contribution in [0, 0.1) is 23.6 Å². The summed E-state index contributed by atoms with van der Waals surface area (Å²) in [7, 11) is 1.49. The first-order valence-electron chi connectivity index (χ1n) is 15.7. The van der Waals surface area contributed by atoms with Crippen LogP contribution >= 0.6 is 11.6 Å². The van der Waals surface area contributed by atoms with E-state index in [1.807, 2.05) is 20.8 Å². The minimum Gasteiger partial charge on any atom is -0.495 e. The van der Waals surface area contributed by atoms with E-state index in [4.69, 9.17) is 30.5 Å². The van der Waals surface area contributed by atoms with Gasteiger partial charge in [-0.2, -0.15) is 0 Å². The number of amides is 2. The Morgan fingerprint density at radius 1 is 1.02 bits per heavy atom. The van der Waals surface area contributed by atoms with Crippen molar-refractivity contribution in [3.05, 3.63) is 76.6 Å². The Morgan fingerprint density at radius 2 is 1.74 bits per heavy atom. The third kappa shape index (κ3) is 10.0. The molecule has 1 saturated heterocycles. The molecule has 2 N–H and O–H groups in total. The van der Waals surface area contributed by atoms with E-state index in [2.05, 4.69) is 10.6 Å². The molecule has 0 saturated carbocycles. The molecule has 0 aliphatic carbocycles. The fourth-order valence-electron chi connectivity index (χ4n) is 5.40. The van der Waals surface area contributed by atoms with Crippen molar-refractivity contribution in [1.29, 1.82) is 0 Å². The fraction of sp³-hybridized carbons (Fsp3) is 0.486. The van der Waals surface area contributed by atoms with Gasteiger partial charge >= 0.3 is 11.9 Å². The molecule has 1 fully saturated rings. The minimum atomic E-state index is -1.17. The molecule has 4 rings (SSSR count). The van der Waals surface area contributed by atoms with Crippen molar-refractivity contribution in [2.75, 3.05) is 13.7 Å². The molecule has 0 unspecified atom stereocenters. The van der Waals surface area contributed by atoms with Crippen LogP contribution in [0.2, 0.25) is 5.02 Å². The number of epoxide rings is 1. The van der Waals surface area contributed by atoms with Crippen LogP contribution < -0.4 is 15.4 Å². The molecular formula is C35H42ClFN2O8. The first kappa shape index (κ1) is 35.9. The van der Waals surface area contributed by atoms with Gasteiger partial charge in [0.2, 0.25) is 11.8 Å². The smallest absolute Gasteiger partial charge is 0.347 e. The van der Waals surface area contributed by atoms with Gasteiger partial charge in [0.1, 0.15) is 29.8 Å². The number of ether oxygens (including phenoxy) is 4. The Bertz CT molecular complexity index is 1470. The third-order valence-corrected chi connectivity index (χ3v) is 8.51. The van der Waals surface area contributed by atoms with Gasteiger partial charge in [0.25, 0.3) is 0 Å². The Labute approximate surface area is 279 Å². The number of methoxy groups -OCH3 is 1. The highest BCUT2D eigenvalue weighted by Gasteiger charge is 2.47. The summed E-state index contributed by atoms with van der Waals surface area (Å²) in [5.74, 6) is -3.45. The zero-order chi connectivity index (χ0) is 34.2. The number of esters is 2. The minimum absolute atomic E-state index is 0.00209. The first-order chi connectivity index (χ1) is 22.4. The van der Waals surface area contributed by atoms with Crippen LogP contribution in [0.1, 0.15) is 57.8 Å². The molecule has 7 atom stereocenters. The van der Waals surface area contributed by atoms with E-state index < -0.39 is 47.9 Å². The Balaban J connectivity index is 1.58. The summed E-state index contributed by atoms with van der Waals surface area (Å²) >= 11 is 6.29. The Kier molecular flexibility index (Phi) is 12.4. The highest BCUT2D eigenvalue weighted by molar-refractivity contribution is 6.32. The molecule has 2 aliphatic rings. The zero-order valence-corrected chi connectivity index (χ0v) is 27.9. The van der Waals surface area contributed by atoms with Gasteiger partial charge in [0.05, 0.1) is 24.2 Å². The number of nitrogens with one attached hydrogen (secondary N) is 2. The van der Waals surface area contributed by atoms with Crippen molar-refractivity contribution in [1.82, 2.24) is 10.6 Å². The molecule has 0 aromatic heterocycles. The summed E-state index contributed by atoms with van der Waals surface area (Å²) < 4.78 is 36.2. The van der Waals surface area contributed by atoms with Crippen LogP contribution in [0.3, 0.4) is 0 Å². The molecule has 2 aromatic rings. The van der Waals surface area contributed by atoms with Crippen LogP contribution in [0.25, 0.3) is 0 Å². The maximum Gasteiger partial charge on any atom is 0.347 e. The van der Waals surface area contributed by atoms with E-state index >= 15 is 0 Å². The number of carbonyl (C=O) groups excluding carboxylic acids is 4. The van der Waals surface area contributed by atoms with E-state index in [0.29, 0.717) is 16.3 Å². The van der Waals surface area contributed by atoms with Crippen molar-refractivity contribution in [3.8, 4) is 5.75 Å². The zero-order valence-electron chi connectivity index (χ0n) is 27.2. The summed E-state index contributed by atoms with van der Waals surface area (Å²) in [5.41, 5.74) is 1.47. The summed E-state index contributed by atoms with van der Waals surface area (Å²) in [6.45, 7) is 7.15. The maximum absolute atomic E-state index is 13.5. The van der Waals surface area contributed by atoms with E-state index in [9.17, 15) is 23.6 Å². The van der Waals surface area contributed by atoms with E-state index in [-0.39, 0.29) is 55.7 Å². The molecule has 0 radical (unpaired) electrons. The van der Waals surface area contributed by atoms with Crippen molar-refractivity contribution in [3.63, 3.8) is 0 Å². The summed E-state index contributed by atoms with van der Waals surface area (Å²) in [5, 5.41) is 5.80. The van der Waals surface area contributed by atoms with Crippen LogP contribution in [-0.2, 0) is 39.8 Å². The molecule has 12 heteroatoms. The number of hydrogen-bond donors (Lipinski definition) is 2. The number of benzene rings is 2. The second-order valence-corrected chi connectivity index (χ2v) is 12.9. The van der Waals surface area contributed by atoms with Crippen molar-refractivity contribution >= 4 is 35.4 Å².